The zero-order valence-corrected chi connectivity index (χ0v) is 15.6. The molecule has 2 amide bonds. The molecule has 154 valence electrons. The van der Waals surface area contributed by atoms with Crippen LogP contribution in [0.3, 0.4) is 0 Å². The summed E-state index contributed by atoms with van der Waals surface area (Å²) in [6.07, 6.45) is 0. The number of nitrogens with one attached hydrogen (secondary N) is 3. The highest BCUT2D eigenvalue weighted by Crippen LogP contribution is 2.19. The van der Waals surface area contributed by atoms with Gasteiger partial charge in [0.1, 0.15) is 0 Å². The highest BCUT2D eigenvalue weighted by Gasteiger charge is 2.18. The molecule has 2 rings (SSSR count). The van der Waals surface area contributed by atoms with Gasteiger partial charge >= 0.3 is 5.97 Å². The van der Waals surface area contributed by atoms with E-state index in [9.17, 15) is 27.6 Å². The number of likely N-dealkylation sites (N-methyl/N-ethyl adjacent to an activating group) is 1. The minimum atomic E-state index is -1.68. The Morgan fingerprint density at radius 3 is 2.07 bits per heavy atom. The van der Waals surface area contributed by atoms with E-state index in [4.69, 9.17) is 0 Å². The second-order valence-electron chi connectivity index (χ2n) is 6.20. The second-order valence-corrected chi connectivity index (χ2v) is 6.20. The summed E-state index contributed by atoms with van der Waals surface area (Å²) in [5, 5.41) is 4.75. The van der Waals surface area contributed by atoms with E-state index in [1.165, 1.54) is 31.4 Å². The Kier molecular flexibility index (Phi) is 7.32. The van der Waals surface area contributed by atoms with E-state index in [0.717, 1.165) is 6.07 Å². The molecule has 1 unspecified atom stereocenters. The first-order valence-electron chi connectivity index (χ1n) is 8.44. The molecule has 0 aliphatic heterocycles. The van der Waals surface area contributed by atoms with Gasteiger partial charge in [-0.05, 0) is 36.4 Å². The van der Waals surface area contributed by atoms with Gasteiger partial charge in [0.25, 0.3) is 11.8 Å². The zero-order valence-electron chi connectivity index (χ0n) is 15.6. The average molecular weight is 410 g/mol. The third-order valence-corrected chi connectivity index (χ3v) is 3.82. The van der Waals surface area contributed by atoms with Crippen molar-refractivity contribution in [2.24, 2.45) is 0 Å². The number of amides is 2. The lowest BCUT2D eigenvalue weighted by Gasteiger charge is -2.14. The predicted octanol–water partition coefficient (Wildman–Crippen LogP) is 0.982. The Morgan fingerprint density at radius 2 is 1.48 bits per heavy atom. The van der Waals surface area contributed by atoms with Crippen molar-refractivity contribution in [2.75, 3.05) is 37.9 Å². The van der Waals surface area contributed by atoms with Crippen molar-refractivity contribution >= 4 is 29.2 Å². The summed E-state index contributed by atoms with van der Waals surface area (Å²) in [6, 6.07) is 7.63. The van der Waals surface area contributed by atoms with Crippen molar-refractivity contribution in [2.45, 2.75) is 0 Å². The highest BCUT2D eigenvalue weighted by molar-refractivity contribution is 5.94. The van der Waals surface area contributed by atoms with Crippen molar-refractivity contribution in [3.63, 3.8) is 0 Å². The molecule has 3 N–H and O–H groups in total. The van der Waals surface area contributed by atoms with Gasteiger partial charge < -0.3 is 20.3 Å². The summed E-state index contributed by atoms with van der Waals surface area (Å²) >= 11 is 0. The van der Waals surface area contributed by atoms with Crippen molar-refractivity contribution in [3.8, 4) is 0 Å². The summed E-state index contributed by atoms with van der Waals surface area (Å²) in [6.45, 7) is -0.306. The largest absolute Gasteiger partial charge is 0.465 e. The van der Waals surface area contributed by atoms with Crippen LogP contribution in [0.15, 0.2) is 36.4 Å². The van der Waals surface area contributed by atoms with Crippen LogP contribution in [0, 0.1) is 17.5 Å². The van der Waals surface area contributed by atoms with Crippen LogP contribution in [0.1, 0.15) is 10.4 Å². The first kappa shape index (κ1) is 21.9. The number of carbonyl (C=O) groups excluding carboxylic acids is 3. The molecule has 29 heavy (non-hydrogen) atoms. The van der Waals surface area contributed by atoms with E-state index >= 15 is 0 Å². The summed E-state index contributed by atoms with van der Waals surface area (Å²) < 4.78 is 44.3. The standard InChI is InChI=1S/C19H18F3N3O4/c1-25(10-16(27)24-14-8-7-13(20)17(21)18(14)22)9-15(26)23-12-5-3-11(4-6-12)19(28)29-2/h3-8H,9-10H2,1-2H3,(H,23,26)(H,24,27)/p+1. The molecular weight excluding hydrogens is 391 g/mol. The minimum absolute atomic E-state index is 0.0908. The fourth-order valence-electron chi connectivity index (χ4n) is 2.44. The predicted molar refractivity (Wildman–Crippen MR) is 98.0 cm³/mol. The Labute approximate surface area is 164 Å². The molecule has 0 heterocycles. The lowest BCUT2D eigenvalue weighted by Crippen LogP contribution is -3.11. The van der Waals surface area contributed by atoms with E-state index in [0.29, 0.717) is 22.2 Å². The van der Waals surface area contributed by atoms with Gasteiger partial charge in [-0.3, -0.25) is 9.59 Å². The molecule has 0 saturated carbocycles. The average Bonchev–Trinajstić information content (AvgIpc) is 2.68. The maximum atomic E-state index is 13.6. The quantitative estimate of drug-likeness (QED) is 0.469. The van der Waals surface area contributed by atoms with Gasteiger partial charge in [0.15, 0.2) is 30.5 Å². The van der Waals surface area contributed by atoms with E-state index in [2.05, 4.69) is 15.4 Å². The lowest BCUT2D eigenvalue weighted by molar-refractivity contribution is -0.862. The number of quaternary nitrogens is 1. The summed E-state index contributed by atoms with van der Waals surface area (Å²) in [7, 11) is 2.81. The van der Waals surface area contributed by atoms with Crippen LogP contribution >= 0.6 is 0 Å². The molecule has 10 heteroatoms. The normalized spacial score (nSPS) is 11.5. The number of esters is 1. The van der Waals surface area contributed by atoms with Crippen LogP contribution in [-0.4, -0.2) is 45.0 Å². The number of ether oxygens (including phenoxy) is 1. The van der Waals surface area contributed by atoms with Crippen molar-refractivity contribution in [1.29, 1.82) is 0 Å². The van der Waals surface area contributed by atoms with Gasteiger partial charge in [-0.25, -0.2) is 18.0 Å². The van der Waals surface area contributed by atoms with E-state index < -0.39 is 40.9 Å². The summed E-state index contributed by atoms with van der Waals surface area (Å²) in [4.78, 5) is 35.9. The maximum Gasteiger partial charge on any atom is 0.337 e. The molecule has 0 radical (unpaired) electrons. The molecule has 0 saturated heterocycles. The van der Waals surface area contributed by atoms with E-state index in [-0.39, 0.29) is 13.1 Å². The monoisotopic (exact) mass is 410 g/mol. The third-order valence-electron chi connectivity index (χ3n) is 3.82. The number of benzene rings is 2. The molecule has 0 aliphatic rings. The first-order chi connectivity index (χ1) is 13.7. The van der Waals surface area contributed by atoms with E-state index in [1.54, 1.807) is 7.05 Å². The molecule has 0 spiro atoms. The molecule has 2 aromatic carbocycles. The summed E-state index contributed by atoms with van der Waals surface area (Å²) in [5.74, 6) is -6.12. The van der Waals surface area contributed by atoms with Crippen LogP contribution < -0.4 is 15.5 Å². The fourth-order valence-corrected chi connectivity index (χ4v) is 2.44. The van der Waals surface area contributed by atoms with Crippen molar-refractivity contribution in [1.82, 2.24) is 0 Å². The van der Waals surface area contributed by atoms with Crippen LogP contribution in [0.25, 0.3) is 0 Å². The Balaban J connectivity index is 1.86. The Hall–Kier alpha value is -3.40. The van der Waals surface area contributed by atoms with Gasteiger partial charge in [0, 0.05) is 5.69 Å². The maximum absolute atomic E-state index is 13.6. The van der Waals surface area contributed by atoms with Gasteiger partial charge in [0.05, 0.1) is 25.4 Å². The van der Waals surface area contributed by atoms with Crippen molar-refractivity contribution in [3.05, 3.63) is 59.4 Å². The van der Waals surface area contributed by atoms with Gasteiger partial charge in [0.2, 0.25) is 0 Å². The van der Waals surface area contributed by atoms with Gasteiger partial charge in [-0.1, -0.05) is 0 Å². The first-order valence-corrected chi connectivity index (χ1v) is 8.44. The number of hydrogen-bond acceptors (Lipinski definition) is 4. The Morgan fingerprint density at radius 1 is 0.897 bits per heavy atom. The molecule has 1 atom stereocenters. The molecule has 0 bridgehead atoms. The van der Waals surface area contributed by atoms with Crippen molar-refractivity contribution < 1.29 is 37.2 Å². The van der Waals surface area contributed by atoms with Crippen LogP contribution in [0.5, 0.6) is 0 Å². The third kappa shape index (κ3) is 6.04. The number of rotatable bonds is 7. The molecular formula is C19H19F3N3O4+. The van der Waals surface area contributed by atoms with Crippen LogP contribution in [0.4, 0.5) is 24.5 Å². The topological polar surface area (TPSA) is 88.9 Å². The number of carbonyl (C=O) groups is 3. The molecule has 2 aromatic rings. The Bertz CT molecular complexity index is 920. The number of methoxy groups -OCH3 is 1. The zero-order chi connectivity index (χ0) is 21.6. The molecule has 0 fully saturated rings. The highest BCUT2D eigenvalue weighted by atomic mass is 19.2. The number of halogens is 3. The van der Waals surface area contributed by atoms with Crippen LogP contribution in [0.2, 0.25) is 0 Å². The van der Waals surface area contributed by atoms with Gasteiger partial charge in [-0.15, -0.1) is 0 Å². The van der Waals surface area contributed by atoms with Crippen LogP contribution in [-0.2, 0) is 14.3 Å². The molecule has 0 aromatic heterocycles. The minimum Gasteiger partial charge on any atom is -0.465 e. The SMILES string of the molecule is COC(=O)c1ccc(NC(=O)C[NH+](C)CC(=O)Nc2ccc(F)c(F)c2F)cc1. The number of hydrogen-bond donors (Lipinski definition) is 3. The smallest absolute Gasteiger partial charge is 0.337 e. The molecule has 0 aliphatic carbocycles. The molecule has 7 nitrogen and oxygen atoms in total. The van der Waals surface area contributed by atoms with E-state index in [1.807, 2.05) is 0 Å². The lowest BCUT2D eigenvalue weighted by atomic mass is 10.2. The fraction of sp³-hybridized carbons (Fsp3) is 0.211. The summed E-state index contributed by atoms with van der Waals surface area (Å²) in [5.41, 5.74) is 0.287. The number of anilines is 2. The van der Waals surface area contributed by atoms with Gasteiger partial charge in [-0.2, -0.15) is 0 Å². The second kappa shape index (κ2) is 9.69.